The maximum absolute atomic E-state index is 3.76. The number of piperidine rings is 1. The molecule has 2 nitrogen and oxygen atoms in total. The van der Waals surface area contributed by atoms with E-state index in [0.717, 1.165) is 30.6 Å². The molecule has 0 aromatic rings. The molecule has 1 N–H and O–H groups in total. The molecular weight excluding hydrogens is 220 g/mol. The fourth-order valence-corrected chi connectivity index (χ4v) is 4.08. The van der Waals surface area contributed by atoms with Crippen LogP contribution in [0.15, 0.2) is 0 Å². The van der Waals surface area contributed by atoms with Crippen molar-refractivity contribution in [2.24, 2.45) is 5.92 Å². The van der Waals surface area contributed by atoms with Crippen molar-refractivity contribution < 1.29 is 0 Å². The summed E-state index contributed by atoms with van der Waals surface area (Å²) in [4.78, 5) is 2.83. The summed E-state index contributed by atoms with van der Waals surface area (Å²) in [7, 11) is 0. The average Bonchev–Trinajstić information content (AvgIpc) is 2.40. The molecule has 0 aromatic carbocycles. The molecule has 1 saturated heterocycles. The minimum atomic E-state index is 0.748. The molecule has 1 aliphatic carbocycles. The Morgan fingerprint density at radius 2 is 1.94 bits per heavy atom. The predicted molar refractivity (Wildman–Crippen MR) is 78.9 cm³/mol. The predicted octanol–water partition coefficient (Wildman–Crippen LogP) is 3.42. The van der Waals surface area contributed by atoms with E-state index >= 15 is 0 Å². The topological polar surface area (TPSA) is 15.3 Å². The molecule has 1 heterocycles. The Balaban J connectivity index is 2.02. The van der Waals surface area contributed by atoms with Crippen molar-refractivity contribution in [1.82, 2.24) is 10.2 Å². The lowest BCUT2D eigenvalue weighted by molar-refractivity contribution is 0.0438. The molecule has 0 amide bonds. The molecule has 0 bridgehead atoms. The number of likely N-dealkylation sites (N-methyl/N-ethyl adjacent to an activating group) is 1. The quantitative estimate of drug-likeness (QED) is 0.825. The van der Waals surface area contributed by atoms with Crippen LogP contribution in [0.4, 0.5) is 0 Å². The highest BCUT2D eigenvalue weighted by atomic mass is 15.2. The van der Waals surface area contributed by atoms with Gasteiger partial charge in [0.15, 0.2) is 0 Å². The van der Waals surface area contributed by atoms with Gasteiger partial charge in [0.1, 0.15) is 0 Å². The molecule has 2 heteroatoms. The average molecular weight is 252 g/mol. The summed E-state index contributed by atoms with van der Waals surface area (Å²) in [5.74, 6) is 0.971. The van der Waals surface area contributed by atoms with Gasteiger partial charge in [-0.05, 0) is 58.0 Å². The Bertz CT molecular complexity index is 241. The van der Waals surface area contributed by atoms with Crippen LogP contribution in [0.1, 0.15) is 65.7 Å². The van der Waals surface area contributed by atoms with Crippen LogP contribution >= 0.6 is 0 Å². The van der Waals surface area contributed by atoms with Gasteiger partial charge in [0.2, 0.25) is 0 Å². The van der Waals surface area contributed by atoms with E-state index in [1.54, 1.807) is 0 Å². The second-order valence-corrected chi connectivity index (χ2v) is 6.40. The van der Waals surface area contributed by atoms with Crippen LogP contribution in [-0.4, -0.2) is 36.1 Å². The molecule has 4 unspecified atom stereocenters. The van der Waals surface area contributed by atoms with E-state index in [1.807, 2.05) is 0 Å². The van der Waals surface area contributed by atoms with Gasteiger partial charge >= 0.3 is 0 Å². The van der Waals surface area contributed by atoms with Crippen LogP contribution in [0.3, 0.4) is 0 Å². The smallest absolute Gasteiger partial charge is 0.0254 e. The fraction of sp³-hybridized carbons (Fsp3) is 1.00. The van der Waals surface area contributed by atoms with Gasteiger partial charge < -0.3 is 5.32 Å². The molecule has 2 fully saturated rings. The molecule has 106 valence electrons. The van der Waals surface area contributed by atoms with Crippen molar-refractivity contribution >= 4 is 0 Å². The second kappa shape index (κ2) is 6.91. The van der Waals surface area contributed by atoms with E-state index < -0.39 is 0 Å². The highest BCUT2D eigenvalue weighted by Gasteiger charge is 2.35. The van der Waals surface area contributed by atoms with Crippen LogP contribution in [0, 0.1) is 5.92 Å². The third-order valence-electron chi connectivity index (χ3n) is 5.25. The van der Waals surface area contributed by atoms with Gasteiger partial charge in [-0.15, -0.1) is 0 Å². The number of hydrogen-bond donors (Lipinski definition) is 1. The standard InChI is InChI=1S/C16H32N2/c1-4-14-9-10-15(17-5-2)16(12-14)18-11-7-6-8-13(18)3/h13-17H,4-12H2,1-3H3. The van der Waals surface area contributed by atoms with E-state index in [-0.39, 0.29) is 0 Å². The first-order chi connectivity index (χ1) is 8.76. The monoisotopic (exact) mass is 252 g/mol. The maximum atomic E-state index is 3.76. The first kappa shape index (κ1) is 14.3. The lowest BCUT2D eigenvalue weighted by Gasteiger charge is -2.47. The molecule has 4 atom stereocenters. The molecule has 0 aromatic heterocycles. The van der Waals surface area contributed by atoms with Crippen LogP contribution in [0.25, 0.3) is 0 Å². The third kappa shape index (κ3) is 3.27. The Labute approximate surface area is 114 Å². The Morgan fingerprint density at radius 1 is 1.11 bits per heavy atom. The third-order valence-corrected chi connectivity index (χ3v) is 5.25. The molecule has 2 rings (SSSR count). The molecule has 18 heavy (non-hydrogen) atoms. The molecule has 1 saturated carbocycles. The summed E-state index contributed by atoms with van der Waals surface area (Å²) in [6.07, 6.45) is 9.89. The zero-order valence-corrected chi connectivity index (χ0v) is 12.6. The Morgan fingerprint density at radius 3 is 2.61 bits per heavy atom. The largest absolute Gasteiger partial charge is 0.313 e. The molecule has 0 radical (unpaired) electrons. The minimum Gasteiger partial charge on any atom is -0.313 e. The van der Waals surface area contributed by atoms with Gasteiger partial charge in [-0.2, -0.15) is 0 Å². The summed E-state index contributed by atoms with van der Waals surface area (Å²) in [6, 6.07) is 2.36. The van der Waals surface area contributed by atoms with Crippen molar-refractivity contribution in [3.63, 3.8) is 0 Å². The van der Waals surface area contributed by atoms with Crippen molar-refractivity contribution in [1.29, 1.82) is 0 Å². The van der Waals surface area contributed by atoms with Crippen molar-refractivity contribution in [2.75, 3.05) is 13.1 Å². The molecule has 2 aliphatic rings. The summed E-state index contributed by atoms with van der Waals surface area (Å²) < 4.78 is 0. The van der Waals surface area contributed by atoms with Gasteiger partial charge in [0.25, 0.3) is 0 Å². The first-order valence-corrected chi connectivity index (χ1v) is 8.25. The van der Waals surface area contributed by atoms with E-state index in [2.05, 4.69) is 31.0 Å². The highest BCUT2D eigenvalue weighted by molar-refractivity contribution is 4.93. The fourth-order valence-electron chi connectivity index (χ4n) is 4.08. The Kier molecular flexibility index (Phi) is 5.50. The first-order valence-electron chi connectivity index (χ1n) is 8.25. The van der Waals surface area contributed by atoms with Gasteiger partial charge in [-0.25, -0.2) is 0 Å². The van der Waals surface area contributed by atoms with Crippen LogP contribution < -0.4 is 5.32 Å². The maximum Gasteiger partial charge on any atom is 0.0254 e. The number of hydrogen-bond acceptors (Lipinski definition) is 2. The van der Waals surface area contributed by atoms with Crippen molar-refractivity contribution in [3.8, 4) is 0 Å². The van der Waals surface area contributed by atoms with Crippen LogP contribution in [0.2, 0.25) is 0 Å². The normalized spacial score (nSPS) is 38.8. The summed E-state index contributed by atoms with van der Waals surface area (Å²) >= 11 is 0. The molecule has 0 spiro atoms. The summed E-state index contributed by atoms with van der Waals surface area (Å²) in [5, 5.41) is 3.76. The van der Waals surface area contributed by atoms with Gasteiger partial charge in [0.05, 0.1) is 0 Å². The minimum absolute atomic E-state index is 0.748. The SMILES string of the molecule is CCNC1CCC(CC)CC1N1CCCCC1C. The van der Waals surface area contributed by atoms with E-state index in [0.29, 0.717) is 0 Å². The lowest BCUT2D eigenvalue weighted by atomic mass is 9.79. The summed E-state index contributed by atoms with van der Waals surface area (Å²) in [6.45, 7) is 9.53. The van der Waals surface area contributed by atoms with E-state index in [9.17, 15) is 0 Å². The van der Waals surface area contributed by atoms with Gasteiger partial charge in [-0.3, -0.25) is 4.90 Å². The number of likely N-dealkylation sites (tertiary alicyclic amines) is 1. The lowest BCUT2D eigenvalue weighted by Crippen LogP contribution is -2.56. The molecule has 1 aliphatic heterocycles. The van der Waals surface area contributed by atoms with Crippen LogP contribution in [-0.2, 0) is 0 Å². The second-order valence-electron chi connectivity index (χ2n) is 6.40. The zero-order valence-electron chi connectivity index (χ0n) is 12.6. The zero-order chi connectivity index (χ0) is 13.0. The number of nitrogens with zero attached hydrogens (tertiary/aromatic N) is 1. The number of rotatable bonds is 4. The van der Waals surface area contributed by atoms with Crippen molar-refractivity contribution in [3.05, 3.63) is 0 Å². The van der Waals surface area contributed by atoms with Gasteiger partial charge in [-0.1, -0.05) is 26.7 Å². The van der Waals surface area contributed by atoms with E-state index in [1.165, 1.54) is 51.5 Å². The highest BCUT2D eigenvalue weighted by Crippen LogP contribution is 2.33. The van der Waals surface area contributed by atoms with Crippen molar-refractivity contribution in [2.45, 2.75) is 83.8 Å². The van der Waals surface area contributed by atoms with Gasteiger partial charge in [0, 0.05) is 18.1 Å². The Hall–Kier alpha value is -0.0800. The molecular formula is C16H32N2. The van der Waals surface area contributed by atoms with E-state index in [4.69, 9.17) is 0 Å². The van der Waals surface area contributed by atoms with Crippen LogP contribution in [0.5, 0.6) is 0 Å². The summed E-state index contributed by atoms with van der Waals surface area (Å²) in [5.41, 5.74) is 0. The number of nitrogens with one attached hydrogen (secondary N) is 1.